The third-order valence-corrected chi connectivity index (χ3v) is 7.66. The number of primary amides is 1. The number of aromatic nitrogens is 3. The summed E-state index contributed by atoms with van der Waals surface area (Å²) in [6.45, 7) is 3.25. The van der Waals surface area contributed by atoms with Crippen LogP contribution < -0.4 is 15.4 Å². The van der Waals surface area contributed by atoms with E-state index in [4.69, 9.17) is 5.73 Å². The summed E-state index contributed by atoms with van der Waals surface area (Å²) in [5.74, 6) is -3.89. The highest BCUT2D eigenvalue weighted by Gasteiger charge is 2.58. The molecular formula is C23H21N5O6S. The number of nitrogens with zero attached hydrogens (tertiary/aromatic N) is 4. The molecule has 3 aromatic rings. The molecule has 3 N–H and O–H groups in total. The van der Waals surface area contributed by atoms with E-state index in [0.717, 1.165) is 0 Å². The molecule has 4 atom stereocenters. The average molecular weight is 496 g/mol. The standard InChI is InChI=1S/C23H21N5O6S/c1-10-15(19(23(33)34)28-18(10)16(11(2)29)21(28)32)13-7-27-9-25-17(22(27)35-13)20(31)12-4-3-5-26(6-12)8-14(24)30/h3-7,9-11,16,18,29H,8H2,1-2H3,(H2-,24,30,33,34)/t10-,11+,16?,18?/m0/s1. The molecule has 11 nitrogen and oxygen atoms in total. The number of pyridine rings is 1. The van der Waals surface area contributed by atoms with Crippen LogP contribution in [0.5, 0.6) is 0 Å². The van der Waals surface area contributed by atoms with Crippen molar-refractivity contribution in [3.05, 3.63) is 58.9 Å². The number of hydrogen-bond donors (Lipinski definition) is 2. The zero-order valence-corrected chi connectivity index (χ0v) is 19.6. The van der Waals surface area contributed by atoms with Gasteiger partial charge in [0.1, 0.15) is 16.9 Å². The molecule has 5 rings (SSSR count). The van der Waals surface area contributed by atoms with Crippen molar-refractivity contribution in [1.82, 2.24) is 14.3 Å². The first-order chi connectivity index (χ1) is 16.6. The van der Waals surface area contributed by atoms with E-state index >= 15 is 0 Å². The summed E-state index contributed by atoms with van der Waals surface area (Å²) in [7, 11) is 0. The predicted molar refractivity (Wildman–Crippen MR) is 119 cm³/mol. The number of ketones is 1. The molecule has 0 radical (unpaired) electrons. The van der Waals surface area contributed by atoms with E-state index < -0.39 is 35.8 Å². The number of aliphatic hydroxyl groups excluding tert-OH is 1. The van der Waals surface area contributed by atoms with Crippen LogP contribution in [-0.2, 0) is 20.9 Å². The van der Waals surface area contributed by atoms with Crippen molar-refractivity contribution in [1.29, 1.82) is 0 Å². The van der Waals surface area contributed by atoms with Crippen LogP contribution >= 0.6 is 11.3 Å². The second-order valence-electron chi connectivity index (χ2n) is 8.77. The van der Waals surface area contributed by atoms with Crippen LogP contribution in [0.1, 0.15) is 34.8 Å². The topological polar surface area (TPSA) is 162 Å². The molecule has 0 aromatic carbocycles. The van der Waals surface area contributed by atoms with Crippen LogP contribution in [0.15, 0.2) is 42.7 Å². The molecule has 0 aliphatic carbocycles. The minimum Gasteiger partial charge on any atom is -0.543 e. The van der Waals surface area contributed by atoms with E-state index in [9.17, 15) is 29.4 Å². The van der Waals surface area contributed by atoms with Crippen LogP contribution in [0.3, 0.4) is 0 Å². The fourth-order valence-corrected chi connectivity index (χ4v) is 6.25. The number of imidazole rings is 1. The Kier molecular flexibility index (Phi) is 5.29. The Morgan fingerprint density at radius 1 is 1.37 bits per heavy atom. The van der Waals surface area contributed by atoms with E-state index in [1.807, 2.05) is 6.92 Å². The van der Waals surface area contributed by atoms with Gasteiger partial charge in [0.2, 0.25) is 18.2 Å². The van der Waals surface area contributed by atoms with Crippen molar-refractivity contribution in [2.45, 2.75) is 32.5 Å². The second-order valence-corrected chi connectivity index (χ2v) is 9.80. The molecule has 0 bridgehead atoms. The van der Waals surface area contributed by atoms with Crippen molar-refractivity contribution in [2.24, 2.45) is 17.6 Å². The number of carboxylic acid groups (broad SMARTS) is 1. The number of thiazole rings is 1. The molecule has 180 valence electrons. The highest BCUT2D eigenvalue weighted by Crippen LogP contribution is 2.51. The highest BCUT2D eigenvalue weighted by atomic mass is 32.1. The summed E-state index contributed by atoms with van der Waals surface area (Å²) in [5, 5.41) is 22.1. The number of amides is 2. The average Bonchev–Trinajstić information content (AvgIpc) is 3.42. The first kappa shape index (κ1) is 22.9. The Hall–Kier alpha value is -3.90. The van der Waals surface area contributed by atoms with Crippen molar-refractivity contribution < 1.29 is 34.0 Å². The van der Waals surface area contributed by atoms with Gasteiger partial charge in [0.15, 0.2) is 12.4 Å². The molecule has 3 aromatic heterocycles. The number of rotatable bonds is 7. The Balaban J connectivity index is 1.54. The zero-order valence-electron chi connectivity index (χ0n) is 18.7. The van der Waals surface area contributed by atoms with Gasteiger partial charge in [-0.15, -0.1) is 11.3 Å². The maximum Gasteiger partial charge on any atom is 0.283 e. The summed E-state index contributed by atoms with van der Waals surface area (Å²) >= 11 is 1.18. The number of carbonyl (C=O) groups excluding carboxylic acids is 4. The molecule has 2 aliphatic heterocycles. The fraction of sp³-hybridized carbons (Fsp3) is 0.304. The minimum absolute atomic E-state index is 0.0786. The van der Waals surface area contributed by atoms with Gasteiger partial charge in [0.25, 0.3) is 5.91 Å². The van der Waals surface area contributed by atoms with Crippen LogP contribution in [-0.4, -0.2) is 55.1 Å². The third-order valence-electron chi connectivity index (χ3n) is 6.52. The van der Waals surface area contributed by atoms with Crippen LogP contribution in [0.25, 0.3) is 10.4 Å². The largest absolute Gasteiger partial charge is 0.543 e. The molecule has 12 heteroatoms. The number of fused-ring (bicyclic) bond motifs is 2. The Bertz CT molecular complexity index is 1450. The number of carboxylic acids is 1. The quantitative estimate of drug-likeness (QED) is 0.234. The number of β-lactam (4-membered cyclic amide) rings is 1. The molecule has 2 unspecified atom stereocenters. The number of nitrogens with two attached hydrogens (primary N) is 1. The first-order valence-electron chi connectivity index (χ1n) is 10.9. The molecule has 0 spiro atoms. The van der Waals surface area contributed by atoms with Crippen LogP contribution in [0, 0.1) is 11.8 Å². The molecule has 1 saturated heterocycles. The van der Waals surface area contributed by atoms with Crippen LogP contribution in [0.2, 0.25) is 0 Å². The molecule has 2 amide bonds. The Labute approximate surface area is 202 Å². The number of carbonyl (C=O) groups is 4. The lowest BCUT2D eigenvalue weighted by Crippen LogP contribution is -2.64. The van der Waals surface area contributed by atoms with Gasteiger partial charge in [-0.25, -0.2) is 4.98 Å². The number of aliphatic hydroxyl groups is 1. The number of hydrogen-bond acceptors (Lipinski definition) is 8. The molecule has 1 fully saturated rings. The molecule has 0 saturated carbocycles. The van der Waals surface area contributed by atoms with Gasteiger partial charge >= 0.3 is 0 Å². The third kappa shape index (κ3) is 3.44. The van der Waals surface area contributed by atoms with Gasteiger partial charge in [-0.3, -0.25) is 18.8 Å². The fourth-order valence-electron chi connectivity index (χ4n) is 5.03. The Morgan fingerprint density at radius 2 is 2.11 bits per heavy atom. The first-order valence-corrected chi connectivity index (χ1v) is 11.7. The minimum atomic E-state index is -1.47. The van der Waals surface area contributed by atoms with E-state index in [1.165, 1.54) is 40.3 Å². The summed E-state index contributed by atoms with van der Waals surface area (Å²) < 4.78 is 3.13. The van der Waals surface area contributed by atoms with Gasteiger partial charge in [0, 0.05) is 23.8 Å². The lowest BCUT2D eigenvalue weighted by atomic mass is 9.77. The smallest absolute Gasteiger partial charge is 0.283 e. The summed E-state index contributed by atoms with van der Waals surface area (Å²) in [5.41, 5.74) is 5.94. The lowest BCUT2D eigenvalue weighted by Gasteiger charge is -2.47. The van der Waals surface area contributed by atoms with Gasteiger partial charge < -0.3 is 25.6 Å². The summed E-state index contributed by atoms with van der Waals surface area (Å²) in [4.78, 5) is 55.6. The van der Waals surface area contributed by atoms with E-state index in [-0.39, 0.29) is 29.6 Å². The normalized spacial score (nSPS) is 22.3. The molecule has 35 heavy (non-hydrogen) atoms. The molecule has 2 aliphatic rings. The maximum atomic E-state index is 13.2. The predicted octanol–water partition coefficient (Wildman–Crippen LogP) is -1.28. The van der Waals surface area contributed by atoms with Crippen molar-refractivity contribution >= 4 is 45.3 Å². The summed E-state index contributed by atoms with van der Waals surface area (Å²) in [6.07, 6.45) is 5.35. The van der Waals surface area contributed by atoms with E-state index in [1.54, 1.807) is 28.9 Å². The second kappa shape index (κ2) is 8.10. The summed E-state index contributed by atoms with van der Waals surface area (Å²) in [6, 6.07) is 2.75. The van der Waals surface area contributed by atoms with Gasteiger partial charge in [-0.1, -0.05) is 6.92 Å². The number of aliphatic carboxylic acids is 1. The van der Waals surface area contributed by atoms with Crippen molar-refractivity contribution in [3.8, 4) is 0 Å². The van der Waals surface area contributed by atoms with Crippen molar-refractivity contribution in [3.63, 3.8) is 0 Å². The van der Waals surface area contributed by atoms with Crippen LogP contribution in [0.4, 0.5) is 0 Å². The maximum absolute atomic E-state index is 13.2. The van der Waals surface area contributed by atoms with Gasteiger partial charge in [-0.05, 0) is 13.0 Å². The van der Waals surface area contributed by atoms with E-state index in [0.29, 0.717) is 20.8 Å². The molecular weight excluding hydrogens is 474 g/mol. The van der Waals surface area contributed by atoms with E-state index in [2.05, 4.69) is 4.98 Å². The van der Waals surface area contributed by atoms with Crippen molar-refractivity contribution in [2.75, 3.05) is 0 Å². The highest BCUT2D eigenvalue weighted by molar-refractivity contribution is 7.18. The van der Waals surface area contributed by atoms with Gasteiger partial charge in [0.05, 0.1) is 40.2 Å². The Morgan fingerprint density at radius 3 is 2.77 bits per heavy atom. The SMILES string of the molecule is C[C@@H](O)C1C(=O)N2C(C(=O)[O-])=C(c3cn4cnc(C(=O)c5ccc[n+](CC(N)=O)c5)c4s3)[C@H](C)C12. The lowest BCUT2D eigenvalue weighted by molar-refractivity contribution is -0.684. The monoisotopic (exact) mass is 495 g/mol. The zero-order chi connectivity index (χ0) is 25.2. The molecule has 5 heterocycles. The van der Waals surface area contributed by atoms with Gasteiger partial charge in [-0.2, -0.15) is 4.57 Å².